The van der Waals surface area contributed by atoms with Crippen LogP contribution in [0, 0.1) is 27.7 Å². The lowest BCUT2D eigenvalue weighted by Crippen LogP contribution is -2.40. The standard InChI is InChI=1S/C25H30N2O4/c1-16-7-6-8-22(19(16)4)26-24(28)14-27(9-10-30-5)25(29)13-20-15-31-23-12-18(3)17(2)11-21(20)23/h6-8,11-12,15H,9-10,13-14H2,1-5H3,(H,26,28). The molecule has 6 nitrogen and oxygen atoms in total. The number of anilines is 1. The van der Waals surface area contributed by atoms with Crippen LogP contribution in [-0.2, 0) is 20.7 Å². The van der Waals surface area contributed by atoms with Gasteiger partial charge in [0.1, 0.15) is 5.58 Å². The Morgan fingerprint density at radius 3 is 2.55 bits per heavy atom. The second-order valence-corrected chi connectivity index (χ2v) is 7.97. The Morgan fingerprint density at radius 2 is 1.81 bits per heavy atom. The Balaban J connectivity index is 1.74. The van der Waals surface area contributed by atoms with Gasteiger partial charge in [-0.3, -0.25) is 9.59 Å². The van der Waals surface area contributed by atoms with E-state index in [0.29, 0.717) is 13.2 Å². The van der Waals surface area contributed by atoms with E-state index < -0.39 is 0 Å². The SMILES string of the molecule is COCCN(CC(=O)Nc1cccc(C)c1C)C(=O)Cc1coc2cc(C)c(C)cc12. The van der Waals surface area contributed by atoms with Crippen LogP contribution in [0.2, 0.25) is 0 Å². The number of hydrogen-bond donors (Lipinski definition) is 1. The van der Waals surface area contributed by atoms with Gasteiger partial charge in [-0.25, -0.2) is 0 Å². The maximum Gasteiger partial charge on any atom is 0.244 e. The third-order valence-corrected chi connectivity index (χ3v) is 5.74. The van der Waals surface area contributed by atoms with Crippen LogP contribution in [0.25, 0.3) is 11.0 Å². The zero-order valence-electron chi connectivity index (χ0n) is 18.9. The van der Waals surface area contributed by atoms with Crippen LogP contribution >= 0.6 is 0 Å². The normalized spacial score (nSPS) is 11.0. The Kier molecular flexibility index (Phi) is 7.13. The molecule has 164 valence electrons. The van der Waals surface area contributed by atoms with Gasteiger partial charge < -0.3 is 19.4 Å². The van der Waals surface area contributed by atoms with Gasteiger partial charge >= 0.3 is 0 Å². The van der Waals surface area contributed by atoms with E-state index >= 15 is 0 Å². The molecule has 0 atom stereocenters. The minimum absolute atomic E-state index is 0.0382. The molecular formula is C25H30N2O4. The Labute approximate surface area is 183 Å². The van der Waals surface area contributed by atoms with Gasteiger partial charge in [-0.1, -0.05) is 12.1 Å². The van der Waals surface area contributed by atoms with Crippen LogP contribution in [0.4, 0.5) is 5.69 Å². The summed E-state index contributed by atoms with van der Waals surface area (Å²) in [5.74, 6) is -0.379. The molecule has 1 aromatic heterocycles. The lowest BCUT2D eigenvalue weighted by molar-refractivity contribution is -0.134. The summed E-state index contributed by atoms with van der Waals surface area (Å²) in [5.41, 5.74) is 6.75. The maximum atomic E-state index is 13.1. The largest absolute Gasteiger partial charge is 0.464 e. The summed E-state index contributed by atoms with van der Waals surface area (Å²) >= 11 is 0. The molecule has 1 N–H and O–H groups in total. The van der Waals surface area contributed by atoms with Gasteiger partial charge in [-0.15, -0.1) is 0 Å². The average Bonchev–Trinajstić information content (AvgIpc) is 3.10. The second kappa shape index (κ2) is 9.79. The maximum absolute atomic E-state index is 13.1. The van der Waals surface area contributed by atoms with Crippen LogP contribution in [-0.4, -0.2) is 43.5 Å². The molecule has 0 saturated heterocycles. The Morgan fingerprint density at radius 1 is 1.06 bits per heavy atom. The second-order valence-electron chi connectivity index (χ2n) is 7.97. The number of rotatable bonds is 8. The molecule has 0 unspecified atom stereocenters. The monoisotopic (exact) mass is 422 g/mol. The number of benzene rings is 2. The first kappa shape index (κ1) is 22.6. The highest BCUT2D eigenvalue weighted by Gasteiger charge is 2.20. The van der Waals surface area contributed by atoms with Crippen LogP contribution in [0.1, 0.15) is 27.8 Å². The fraction of sp³-hybridized carbons (Fsp3) is 0.360. The Hall–Kier alpha value is -3.12. The molecule has 3 rings (SSSR count). The summed E-state index contributed by atoms with van der Waals surface area (Å²) in [7, 11) is 1.58. The van der Waals surface area contributed by atoms with Crippen molar-refractivity contribution in [2.75, 3.05) is 32.1 Å². The van der Waals surface area contributed by atoms with Gasteiger partial charge in [0.15, 0.2) is 0 Å². The summed E-state index contributed by atoms with van der Waals surface area (Å²) in [6, 6.07) is 9.79. The van der Waals surface area contributed by atoms with Gasteiger partial charge in [0.2, 0.25) is 11.8 Å². The lowest BCUT2D eigenvalue weighted by atomic mass is 10.0. The van der Waals surface area contributed by atoms with E-state index in [1.54, 1.807) is 13.4 Å². The molecular weight excluding hydrogens is 392 g/mol. The average molecular weight is 423 g/mol. The van der Waals surface area contributed by atoms with Gasteiger partial charge in [0.05, 0.1) is 25.8 Å². The molecule has 0 aliphatic heterocycles. The highest BCUT2D eigenvalue weighted by Crippen LogP contribution is 2.25. The van der Waals surface area contributed by atoms with E-state index in [9.17, 15) is 9.59 Å². The van der Waals surface area contributed by atoms with E-state index in [2.05, 4.69) is 5.32 Å². The van der Waals surface area contributed by atoms with E-state index in [0.717, 1.165) is 44.5 Å². The molecule has 0 fully saturated rings. The van der Waals surface area contributed by atoms with Gasteiger partial charge in [0.25, 0.3) is 0 Å². The van der Waals surface area contributed by atoms with Crippen LogP contribution in [0.3, 0.4) is 0 Å². The van der Waals surface area contributed by atoms with Crippen molar-refractivity contribution in [3.05, 3.63) is 64.4 Å². The zero-order chi connectivity index (χ0) is 22.5. The summed E-state index contributed by atoms with van der Waals surface area (Å²) in [5, 5.41) is 3.86. The van der Waals surface area contributed by atoms with E-state index in [4.69, 9.17) is 9.15 Å². The van der Waals surface area contributed by atoms with Crippen LogP contribution < -0.4 is 5.32 Å². The number of ether oxygens (including phenoxy) is 1. The summed E-state index contributed by atoms with van der Waals surface area (Å²) < 4.78 is 10.8. The summed E-state index contributed by atoms with van der Waals surface area (Å²) in [6.07, 6.45) is 1.79. The van der Waals surface area contributed by atoms with Crippen molar-refractivity contribution in [3.63, 3.8) is 0 Å². The fourth-order valence-electron chi connectivity index (χ4n) is 3.49. The van der Waals surface area contributed by atoms with Crippen molar-refractivity contribution in [2.45, 2.75) is 34.1 Å². The number of nitrogens with zero attached hydrogens (tertiary/aromatic N) is 1. The lowest BCUT2D eigenvalue weighted by Gasteiger charge is -2.22. The number of carbonyl (C=O) groups excluding carboxylic acids is 2. The molecule has 2 amide bonds. The van der Waals surface area contributed by atoms with Gasteiger partial charge in [-0.05, 0) is 68.1 Å². The number of carbonyl (C=O) groups is 2. The van der Waals surface area contributed by atoms with E-state index in [-0.39, 0.29) is 24.8 Å². The van der Waals surface area contributed by atoms with Crippen molar-refractivity contribution in [3.8, 4) is 0 Å². The highest BCUT2D eigenvalue weighted by molar-refractivity contribution is 5.96. The molecule has 0 radical (unpaired) electrons. The predicted molar refractivity (Wildman–Crippen MR) is 122 cm³/mol. The minimum Gasteiger partial charge on any atom is -0.464 e. The smallest absolute Gasteiger partial charge is 0.244 e. The number of hydrogen-bond acceptors (Lipinski definition) is 4. The molecule has 0 aliphatic carbocycles. The number of methoxy groups -OCH3 is 1. The number of amides is 2. The zero-order valence-corrected chi connectivity index (χ0v) is 18.9. The minimum atomic E-state index is -0.235. The molecule has 1 heterocycles. The first-order valence-corrected chi connectivity index (χ1v) is 10.4. The van der Waals surface area contributed by atoms with Crippen molar-refractivity contribution in [1.82, 2.24) is 4.90 Å². The highest BCUT2D eigenvalue weighted by atomic mass is 16.5. The quantitative estimate of drug-likeness (QED) is 0.587. The van der Waals surface area contributed by atoms with E-state index in [1.165, 1.54) is 4.90 Å². The fourth-order valence-corrected chi connectivity index (χ4v) is 3.49. The molecule has 3 aromatic rings. The number of fused-ring (bicyclic) bond motifs is 1. The summed E-state index contributed by atoms with van der Waals surface area (Å²) in [4.78, 5) is 27.3. The van der Waals surface area contributed by atoms with Gasteiger partial charge in [0, 0.05) is 30.3 Å². The first-order valence-electron chi connectivity index (χ1n) is 10.4. The molecule has 0 spiro atoms. The first-order chi connectivity index (χ1) is 14.8. The molecule has 2 aromatic carbocycles. The van der Waals surface area contributed by atoms with Crippen molar-refractivity contribution in [2.24, 2.45) is 0 Å². The topological polar surface area (TPSA) is 71.8 Å². The predicted octanol–water partition coefficient (Wildman–Crippen LogP) is 4.32. The van der Waals surface area contributed by atoms with Crippen molar-refractivity contribution in [1.29, 1.82) is 0 Å². The third kappa shape index (κ3) is 5.33. The molecule has 0 aliphatic rings. The molecule has 31 heavy (non-hydrogen) atoms. The van der Waals surface area contributed by atoms with Crippen LogP contribution in [0.5, 0.6) is 0 Å². The summed E-state index contributed by atoms with van der Waals surface area (Å²) in [6.45, 7) is 8.68. The molecule has 0 saturated carbocycles. The Bertz CT molecular complexity index is 1100. The number of aryl methyl sites for hydroxylation is 3. The number of furan rings is 1. The van der Waals surface area contributed by atoms with Crippen molar-refractivity contribution < 1.29 is 18.7 Å². The third-order valence-electron chi connectivity index (χ3n) is 5.74. The molecule has 0 bridgehead atoms. The van der Waals surface area contributed by atoms with E-state index in [1.807, 2.05) is 58.0 Å². The molecule has 6 heteroatoms. The van der Waals surface area contributed by atoms with Gasteiger partial charge in [-0.2, -0.15) is 0 Å². The number of nitrogens with one attached hydrogen (secondary N) is 1. The van der Waals surface area contributed by atoms with Crippen molar-refractivity contribution >= 4 is 28.5 Å². The van der Waals surface area contributed by atoms with Crippen LogP contribution in [0.15, 0.2) is 41.0 Å².